The molecule has 8 heteroatoms. The Morgan fingerprint density at radius 2 is 1.91 bits per heavy atom. The Morgan fingerprint density at radius 3 is 2.59 bits per heavy atom. The molecule has 2 saturated heterocycles. The second kappa shape index (κ2) is 8.63. The molecule has 1 unspecified atom stereocenters. The van der Waals surface area contributed by atoms with Gasteiger partial charge in [0.2, 0.25) is 11.8 Å². The molecule has 0 saturated carbocycles. The predicted molar refractivity (Wildman–Crippen MR) is 116 cm³/mol. The highest BCUT2D eigenvalue weighted by Crippen LogP contribution is 2.58. The van der Waals surface area contributed by atoms with Gasteiger partial charge in [-0.25, -0.2) is 0 Å². The predicted octanol–water partition coefficient (Wildman–Crippen LogP) is 1.43. The molecule has 1 spiro atoms. The Hall–Kier alpha value is -2.19. The summed E-state index contributed by atoms with van der Waals surface area (Å²) in [6, 6.07) is -1.00. The van der Waals surface area contributed by atoms with Crippen molar-refractivity contribution in [1.29, 1.82) is 0 Å². The number of esters is 1. The number of ether oxygens (including phenoxy) is 2. The van der Waals surface area contributed by atoms with E-state index in [2.05, 4.69) is 0 Å². The third-order valence-electron chi connectivity index (χ3n) is 7.38. The maximum Gasteiger partial charge on any atom is 0.313 e. The molecule has 0 bridgehead atoms. The summed E-state index contributed by atoms with van der Waals surface area (Å²) in [5.41, 5.74) is -2.32. The van der Waals surface area contributed by atoms with Crippen molar-refractivity contribution in [2.75, 3.05) is 26.3 Å². The van der Waals surface area contributed by atoms with E-state index in [0.29, 0.717) is 19.6 Å². The van der Waals surface area contributed by atoms with Crippen molar-refractivity contribution in [1.82, 2.24) is 9.80 Å². The van der Waals surface area contributed by atoms with Crippen LogP contribution in [0, 0.1) is 11.8 Å². The Kier molecular flexibility index (Phi) is 6.20. The molecular formula is C24H34N2O6. The van der Waals surface area contributed by atoms with E-state index < -0.39 is 35.0 Å². The normalized spacial score (nSPS) is 38.3. The molecule has 32 heavy (non-hydrogen) atoms. The third kappa shape index (κ3) is 3.30. The monoisotopic (exact) mass is 446 g/mol. The van der Waals surface area contributed by atoms with E-state index in [4.69, 9.17) is 9.47 Å². The van der Waals surface area contributed by atoms with Crippen LogP contribution in [0.5, 0.6) is 0 Å². The molecule has 5 atom stereocenters. The van der Waals surface area contributed by atoms with Crippen molar-refractivity contribution >= 4 is 17.8 Å². The van der Waals surface area contributed by atoms with Crippen LogP contribution in [-0.2, 0) is 23.9 Å². The smallest absolute Gasteiger partial charge is 0.313 e. The number of fused-ring (bicyclic) bond motifs is 2. The molecule has 0 aromatic heterocycles. The molecule has 0 aliphatic carbocycles. The summed E-state index contributed by atoms with van der Waals surface area (Å²) in [7, 11) is 0. The molecule has 0 radical (unpaired) electrons. The number of aliphatic hydroxyl groups is 1. The minimum absolute atomic E-state index is 0.00730. The summed E-state index contributed by atoms with van der Waals surface area (Å²) in [4.78, 5) is 44.0. The number of nitrogens with zero attached hydrogens (tertiary/aromatic N) is 2. The summed E-state index contributed by atoms with van der Waals surface area (Å²) in [5, 5.41) is 9.68. The Morgan fingerprint density at radius 1 is 1.12 bits per heavy atom. The number of aliphatic hydroxyl groups excluding tert-OH is 1. The van der Waals surface area contributed by atoms with Gasteiger partial charge in [-0.3, -0.25) is 14.4 Å². The number of rotatable bonds is 4. The lowest BCUT2D eigenvalue weighted by atomic mass is 9.73. The molecule has 0 aromatic carbocycles. The number of likely N-dealkylation sites (tertiary alicyclic amines) is 1. The summed E-state index contributed by atoms with van der Waals surface area (Å²) in [5.74, 6) is -2.76. The van der Waals surface area contributed by atoms with Crippen LogP contribution in [-0.4, -0.2) is 82.3 Å². The van der Waals surface area contributed by atoms with E-state index in [9.17, 15) is 19.5 Å². The van der Waals surface area contributed by atoms with Gasteiger partial charge in [0, 0.05) is 19.1 Å². The van der Waals surface area contributed by atoms with E-state index in [1.807, 2.05) is 45.1 Å². The first kappa shape index (κ1) is 23.0. The maximum atomic E-state index is 13.8. The lowest BCUT2D eigenvalue weighted by Gasteiger charge is -2.39. The first-order valence-electron chi connectivity index (χ1n) is 11.8. The van der Waals surface area contributed by atoms with Crippen molar-refractivity contribution in [3.63, 3.8) is 0 Å². The molecule has 176 valence electrons. The average molecular weight is 447 g/mol. The van der Waals surface area contributed by atoms with Gasteiger partial charge < -0.3 is 24.4 Å². The molecule has 8 nitrogen and oxygen atoms in total. The van der Waals surface area contributed by atoms with Gasteiger partial charge in [0.25, 0.3) is 0 Å². The number of hydrogen-bond donors (Lipinski definition) is 1. The molecular weight excluding hydrogens is 412 g/mol. The van der Waals surface area contributed by atoms with Crippen LogP contribution in [0.25, 0.3) is 0 Å². The second-order valence-electron chi connectivity index (χ2n) is 9.43. The van der Waals surface area contributed by atoms with Crippen LogP contribution in [0.2, 0.25) is 0 Å². The van der Waals surface area contributed by atoms with E-state index in [-0.39, 0.29) is 31.0 Å². The van der Waals surface area contributed by atoms with Crippen molar-refractivity contribution < 1.29 is 29.0 Å². The first-order chi connectivity index (χ1) is 15.3. The summed E-state index contributed by atoms with van der Waals surface area (Å²) in [6.07, 6.45) is 10.6. The summed E-state index contributed by atoms with van der Waals surface area (Å²) in [6.45, 7) is 6.22. The van der Waals surface area contributed by atoms with Crippen LogP contribution in [0.1, 0.15) is 46.5 Å². The average Bonchev–Trinajstić information content (AvgIpc) is 3.10. The molecule has 2 amide bonds. The molecule has 0 aromatic rings. The molecule has 4 aliphatic rings. The van der Waals surface area contributed by atoms with Gasteiger partial charge in [-0.05, 0) is 39.5 Å². The van der Waals surface area contributed by atoms with Gasteiger partial charge in [0.15, 0.2) is 0 Å². The SMILES string of the molecule is CC[C@]12/C=C\CCCCOC(=O)[C@H]1[C@H]1C(=O)N(CCO)C3C(=O)N(C(C)C)CC=C[C@@]31O2. The molecule has 4 heterocycles. The molecule has 4 aliphatic heterocycles. The van der Waals surface area contributed by atoms with E-state index >= 15 is 0 Å². The summed E-state index contributed by atoms with van der Waals surface area (Å²) >= 11 is 0. The van der Waals surface area contributed by atoms with Gasteiger partial charge >= 0.3 is 5.97 Å². The topological polar surface area (TPSA) is 96.4 Å². The molecule has 1 N–H and O–H groups in total. The van der Waals surface area contributed by atoms with Gasteiger partial charge in [-0.15, -0.1) is 0 Å². The van der Waals surface area contributed by atoms with Gasteiger partial charge in [-0.2, -0.15) is 0 Å². The summed E-state index contributed by atoms with van der Waals surface area (Å²) < 4.78 is 12.4. The van der Waals surface area contributed by atoms with Crippen molar-refractivity contribution in [2.24, 2.45) is 11.8 Å². The van der Waals surface area contributed by atoms with Crippen molar-refractivity contribution in [3.8, 4) is 0 Å². The molecule has 4 rings (SSSR count). The van der Waals surface area contributed by atoms with Crippen LogP contribution >= 0.6 is 0 Å². The van der Waals surface area contributed by atoms with Gasteiger partial charge in [-0.1, -0.05) is 31.2 Å². The van der Waals surface area contributed by atoms with E-state index in [1.165, 1.54) is 4.90 Å². The standard InChI is InChI=1S/C24H34N2O6/c1-4-23-10-7-5-6-8-15-31-22(30)18(23)17-20(28)26(13-14-27)19-21(29)25(16(2)3)12-9-11-24(17,19)32-23/h7,9-11,16-19,27H,4-6,8,12-15H2,1-3H3/b10-7-/t17-,18+,19?,23-,24-/m0/s1. The number of cyclic esters (lactones) is 1. The zero-order valence-corrected chi connectivity index (χ0v) is 19.2. The first-order valence-corrected chi connectivity index (χ1v) is 11.8. The minimum atomic E-state index is -1.29. The quantitative estimate of drug-likeness (QED) is 0.518. The number of carbonyl (C=O) groups is 3. The fourth-order valence-corrected chi connectivity index (χ4v) is 5.87. The van der Waals surface area contributed by atoms with Gasteiger partial charge in [0.05, 0.1) is 19.1 Å². The number of amides is 2. The lowest BCUT2D eigenvalue weighted by Crippen LogP contribution is -2.57. The highest BCUT2D eigenvalue weighted by Gasteiger charge is 2.75. The zero-order chi connectivity index (χ0) is 23.1. The number of carbonyl (C=O) groups excluding carboxylic acids is 3. The van der Waals surface area contributed by atoms with E-state index in [1.54, 1.807) is 4.90 Å². The highest BCUT2D eigenvalue weighted by molar-refractivity contribution is 5.99. The fourth-order valence-electron chi connectivity index (χ4n) is 5.87. The van der Waals surface area contributed by atoms with E-state index in [0.717, 1.165) is 19.3 Å². The van der Waals surface area contributed by atoms with Gasteiger partial charge in [0.1, 0.15) is 23.2 Å². The lowest BCUT2D eigenvalue weighted by molar-refractivity contribution is -0.162. The van der Waals surface area contributed by atoms with Crippen LogP contribution in [0.15, 0.2) is 24.3 Å². The second-order valence-corrected chi connectivity index (χ2v) is 9.43. The largest absolute Gasteiger partial charge is 0.465 e. The molecule has 2 fully saturated rings. The fraction of sp³-hybridized carbons (Fsp3) is 0.708. The minimum Gasteiger partial charge on any atom is -0.465 e. The Labute approximate surface area is 189 Å². The number of β-amino-alcohol motifs (C(OH)–C–C–N with tert-alkyl or cyclic N) is 1. The Bertz CT molecular complexity index is 838. The maximum absolute atomic E-state index is 13.8. The third-order valence-corrected chi connectivity index (χ3v) is 7.38. The Balaban J connectivity index is 1.89. The number of hydrogen-bond acceptors (Lipinski definition) is 6. The number of allylic oxidation sites excluding steroid dienone is 1. The van der Waals surface area contributed by atoms with Crippen LogP contribution < -0.4 is 0 Å². The van der Waals surface area contributed by atoms with Crippen molar-refractivity contribution in [2.45, 2.75) is 69.7 Å². The zero-order valence-electron chi connectivity index (χ0n) is 19.2. The van der Waals surface area contributed by atoms with Crippen LogP contribution in [0.3, 0.4) is 0 Å². The highest BCUT2D eigenvalue weighted by atomic mass is 16.6. The van der Waals surface area contributed by atoms with Crippen LogP contribution in [0.4, 0.5) is 0 Å². The van der Waals surface area contributed by atoms with Crippen molar-refractivity contribution in [3.05, 3.63) is 24.3 Å².